The predicted molar refractivity (Wildman–Crippen MR) is 46.3 cm³/mol. The van der Waals surface area contributed by atoms with E-state index < -0.39 is 0 Å². The highest BCUT2D eigenvalue weighted by molar-refractivity contribution is 8.15. The summed E-state index contributed by atoms with van der Waals surface area (Å²) in [5, 5.41) is 0.0752. The fourth-order valence-corrected chi connectivity index (χ4v) is 1.96. The van der Waals surface area contributed by atoms with Gasteiger partial charge in [0.15, 0.2) is 0 Å². The molecule has 0 atom stereocenters. The Morgan fingerprint density at radius 1 is 1.27 bits per heavy atom. The molecular formula is C9H6OS. The van der Waals surface area contributed by atoms with E-state index in [-0.39, 0.29) is 5.12 Å². The minimum Gasteiger partial charge on any atom is -0.281 e. The lowest BCUT2D eigenvalue weighted by Gasteiger charge is -1.92. The van der Waals surface area contributed by atoms with Gasteiger partial charge in [-0.3, -0.25) is 4.79 Å². The molecule has 0 fully saturated rings. The van der Waals surface area contributed by atoms with Crippen LogP contribution in [0.4, 0.5) is 0 Å². The number of carbonyl (C=O) groups is 1. The monoisotopic (exact) mass is 162 g/mol. The van der Waals surface area contributed by atoms with Crippen molar-refractivity contribution in [2.45, 2.75) is 4.90 Å². The van der Waals surface area contributed by atoms with Gasteiger partial charge in [-0.25, -0.2) is 0 Å². The van der Waals surface area contributed by atoms with Crippen molar-refractivity contribution in [1.82, 2.24) is 0 Å². The summed E-state index contributed by atoms with van der Waals surface area (Å²) in [7, 11) is 0. The Kier molecular flexibility index (Phi) is 1.36. The van der Waals surface area contributed by atoms with E-state index in [1.165, 1.54) is 11.8 Å². The zero-order valence-electron chi connectivity index (χ0n) is 5.83. The van der Waals surface area contributed by atoms with Crippen LogP contribution in [-0.4, -0.2) is 5.12 Å². The van der Waals surface area contributed by atoms with E-state index >= 15 is 0 Å². The Morgan fingerprint density at radius 2 is 2.00 bits per heavy atom. The summed E-state index contributed by atoms with van der Waals surface area (Å²) in [5.74, 6) is 0. The minimum absolute atomic E-state index is 0.0752. The molecule has 1 heterocycles. The lowest BCUT2D eigenvalue weighted by Crippen LogP contribution is -1.83. The molecule has 1 aliphatic heterocycles. The first kappa shape index (κ1) is 6.68. The van der Waals surface area contributed by atoms with E-state index in [1.807, 2.05) is 24.3 Å². The average Bonchev–Trinajstić information content (AvgIpc) is 2.30. The van der Waals surface area contributed by atoms with Gasteiger partial charge in [-0.05, 0) is 23.4 Å². The van der Waals surface area contributed by atoms with Crippen molar-refractivity contribution in [3.8, 4) is 0 Å². The van der Waals surface area contributed by atoms with Crippen LogP contribution in [0.5, 0.6) is 0 Å². The molecule has 0 saturated carbocycles. The second-order valence-electron chi connectivity index (χ2n) is 2.36. The highest BCUT2D eigenvalue weighted by Gasteiger charge is 2.22. The Morgan fingerprint density at radius 3 is 2.73 bits per heavy atom. The SMILES string of the molecule is C=C1C(=O)Sc2ccccc21. The van der Waals surface area contributed by atoms with Gasteiger partial charge in [-0.1, -0.05) is 24.8 Å². The number of rotatable bonds is 0. The molecule has 0 saturated heterocycles. The first-order valence-corrected chi connectivity index (χ1v) is 4.11. The van der Waals surface area contributed by atoms with Crippen molar-refractivity contribution in [3.63, 3.8) is 0 Å². The van der Waals surface area contributed by atoms with Crippen LogP contribution in [-0.2, 0) is 4.79 Å². The van der Waals surface area contributed by atoms with Gasteiger partial charge < -0.3 is 0 Å². The summed E-state index contributed by atoms with van der Waals surface area (Å²) in [4.78, 5) is 12.1. The number of benzene rings is 1. The van der Waals surface area contributed by atoms with Gasteiger partial charge in [0.2, 0.25) is 5.12 Å². The van der Waals surface area contributed by atoms with Crippen LogP contribution in [0.15, 0.2) is 35.7 Å². The zero-order chi connectivity index (χ0) is 7.84. The largest absolute Gasteiger partial charge is 0.281 e. The molecule has 0 N–H and O–H groups in total. The Bertz CT molecular complexity index is 341. The number of carbonyl (C=O) groups excluding carboxylic acids is 1. The first-order chi connectivity index (χ1) is 5.29. The van der Waals surface area contributed by atoms with Crippen LogP contribution in [0.25, 0.3) is 5.57 Å². The van der Waals surface area contributed by atoms with E-state index in [0.717, 1.165) is 10.5 Å². The summed E-state index contributed by atoms with van der Waals surface area (Å²) in [6.45, 7) is 3.71. The molecule has 1 aromatic carbocycles. The van der Waals surface area contributed by atoms with Gasteiger partial charge in [0.05, 0.1) is 0 Å². The summed E-state index contributed by atoms with van der Waals surface area (Å²) in [5.41, 5.74) is 1.62. The smallest absolute Gasteiger partial charge is 0.224 e. The maximum Gasteiger partial charge on any atom is 0.224 e. The molecule has 0 aromatic heterocycles. The molecule has 0 amide bonds. The molecule has 0 bridgehead atoms. The van der Waals surface area contributed by atoms with E-state index in [4.69, 9.17) is 0 Å². The molecule has 54 valence electrons. The third-order valence-electron chi connectivity index (χ3n) is 1.66. The highest BCUT2D eigenvalue weighted by Crippen LogP contribution is 2.38. The van der Waals surface area contributed by atoms with Crippen LogP contribution in [0.3, 0.4) is 0 Å². The minimum atomic E-state index is 0.0752. The van der Waals surface area contributed by atoms with Gasteiger partial charge >= 0.3 is 0 Å². The maximum absolute atomic E-state index is 11.1. The number of hydrogen-bond donors (Lipinski definition) is 0. The van der Waals surface area contributed by atoms with Crippen molar-refractivity contribution in [3.05, 3.63) is 36.4 Å². The molecule has 1 nitrogen and oxygen atoms in total. The van der Waals surface area contributed by atoms with Crippen LogP contribution < -0.4 is 0 Å². The summed E-state index contributed by atoms with van der Waals surface area (Å²) in [6.07, 6.45) is 0. The first-order valence-electron chi connectivity index (χ1n) is 3.29. The molecule has 2 rings (SSSR count). The highest BCUT2D eigenvalue weighted by atomic mass is 32.2. The van der Waals surface area contributed by atoms with E-state index in [1.54, 1.807) is 0 Å². The third-order valence-corrected chi connectivity index (χ3v) is 2.67. The second kappa shape index (κ2) is 2.24. The molecule has 1 aromatic rings. The average molecular weight is 162 g/mol. The molecular weight excluding hydrogens is 156 g/mol. The maximum atomic E-state index is 11.1. The molecule has 11 heavy (non-hydrogen) atoms. The summed E-state index contributed by atoms with van der Waals surface area (Å²) < 4.78 is 0. The van der Waals surface area contributed by atoms with Crippen molar-refractivity contribution < 1.29 is 4.79 Å². The Balaban J connectivity index is 2.64. The summed E-state index contributed by atoms with van der Waals surface area (Å²) in [6, 6.07) is 7.71. The van der Waals surface area contributed by atoms with Gasteiger partial charge in [-0.2, -0.15) is 0 Å². The normalized spacial score (nSPS) is 15.3. The van der Waals surface area contributed by atoms with E-state index in [0.29, 0.717) is 5.57 Å². The van der Waals surface area contributed by atoms with Crippen molar-refractivity contribution in [2.24, 2.45) is 0 Å². The molecule has 2 heteroatoms. The van der Waals surface area contributed by atoms with Crippen LogP contribution in [0.2, 0.25) is 0 Å². The number of fused-ring (bicyclic) bond motifs is 1. The van der Waals surface area contributed by atoms with Crippen LogP contribution in [0.1, 0.15) is 5.56 Å². The fourth-order valence-electron chi connectivity index (χ4n) is 1.08. The van der Waals surface area contributed by atoms with Gasteiger partial charge in [0.25, 0.3) is 0 Å². The Hall–Kier alpha value is -1.02. The lowest BCUT2D eigenvalue weighted by molar-refractivity contribution is -0.106. The number of thioether (sulfide) groups is 1. The second-order valence-corrected chi connectivity index (χ2v) is 3.38. The standard InChI is InChI=1S/C9H6OS/c1-6-7-4-2-3-5-8(7)11-9(6)10/h2-5H,1H2. The molecule has 0 aliphatic carbocycles. The third kappa shape index (κ3) is 0.906. The Labute approximate surface area is 69.1 Å². The predicted octanol–water partition coefficient (Wildman–Crippen LogP) is 2.33. The lowest BCUT2D eigenvalue weighted by atomic mass is 10.1. The molecule has 0 unspecified atom stereocenters. The van der Waals surface area contributed by atoms with E-state index in [2.05, 4.69) is 6.58 Å². The van der Waals surface area contributed by atoms with Crippen molar-refractivity contribution in [1.29, 1.82) is 0 Å². The zero-order valence-corrected chi connectivity index (χ0v) is 6.65. The topological polar surface area (TPSA) is 17.1 Å². The van der Waals surface area contributed by atoms with Gasteiger partial charge in [0, 0.05) is 10.5 Å². The fraction of sp³-hybridized carbons (Fsp3) is 0. The molecule has 0 radical (unpaired) electrons. The van der Waals surface area contributed by atoms with Crippen LogP contribution in [0, 0.1) is 0 Å². The molecule has 1 aliphatic rings. The van der Waals surface area contributed by atoms with E-state index in [9.17, 15) is 4.79 Å². The quantitative estimate of drug-likeness (QED) is 0.544. The number of hydrogen-bond acceptors (Lipinski definition) is 2. The summed E-state index contributed by atoms with van der Waals surface area (Å²) >= 11 is 1.26. The van der Waals surface area contributed by atoms with Crippen molar-refractivity contribution in [2.75, 3.05) is 0 Å². The van der Waals surface area contributed by atoms with Gasteiger partial charge in [0.1, 0.15) is 0 Å². The van der Waals surface area contributed by atoms with Crippen molar-refractivity contribution >= 4 is 22.5 Å². The molecule has 0 spiro atoms. The van der Waals surface area contributed by atoms with Gasteiger partial charge in [-0.15, -0.1) is 0 Å². The van der Waals surface area contributed by atoms with Crippen LogP contribution >= 0.6 is 11.8 Å².